The Morgan fingerprint density at radius 2 is 2.06 bits per heavy atom. The van der Waals surface area contributed by atoms with Gasteiger partial charge in [-0.2, -0.15) is 13.2 Å². The average Bonchev–Trinajstić information content (AvgIpc) is 2.19. The Kier molecular flexibility index (Phi) is 5.07. The Bertz CT molecular complexity index is 430. The smallest absolute Gasteiger partial charge is 0.446 e. The summed E-state index contributed by atoms with van der Waals surface area (Å²) >= 11 is -0.215. The van der Waals surface area contributed by atoms with Crippen molar-refractivity contribution in [2.45, 2.75) is 30.7 Å². The van der Waals surface area contributed by atoms with Crippen LogP contribution in [-0.4, -0.2) is 17.9 Å². The highest BCUT2D eigenvalue weighted by Gasteiger charge is 2.30. The summed E-state index contributed by atoms with van der Waals surface area (Å²) in [6.07, 6.45) is 0.192. The number of rotatable bonds is 5. The maximum atomic E-state index is 12.3. The predicted octanol–water partition coefficient (Wildman–Crippen LogP) is 3.83. The highest BCUT2D eigenvalue weighted by molar-refractivity contribution is 8.00. The second kappa shape index (κ2) is 6.13. The van der Waals surface area contributed by atoms with Crippen LogP contribution in [0.3, 0.4) is 0 Å². The van der Waals surface area contributed by atoms with Crippen LogP contribution in [0.2, 0.25) is 0 Å². The topological polar surface area (TPSA) is 26.3 Å². The van der Waals surface area contributed by atoms with Crippen LogP contribution in [0.4, 0.5) is 13.2 Å². The molecule has 0 fully saturated rings. The number of benzene rings is 1. The number of carbonyl (C=O) groups is 1. The number of halogens is 3. The second-order valence-corrected chi connectivity index (χ2v) is 4.75. The maximum absolute atomic E-state index is 12.3. The van der Waals surface area contributed by atoms with E-state index in [1.807, 2.05) is 0 Å². The molecule has 0 atom stereocenters. The molecule has 1 aromatic rings. The van der Waals surface area contributed by atoms with Crippen LogP contribution in [0.25, 0.3) is 0 Å². The van der Waals surface area contributed by atoms with Gasteiger partial charge in [-0.3, -0.25) is 4.79 Å². The van der Waals surface area contributed by atoms with E-state index in [1.54, 1.807) is 6.92 Å². The number of Topliss-reactive ketones (excluding diaryl/α,β-unsaturated/α-hetero) is 1. The average molecular weight is 278 g/mol. The largest absolute Gasteiger partial charge is 0.493 e. The normalized spacial score (nSPS) is 11.4. The molecule has 0 aliphatic rings. The zero-order valence-electron chi connectivity index (χ0n) is 10.0. The minimum absolute atomic E-state index is 0.0108. The van der Waals surface area contributed by atoms with E-state index in [0.717, 1.165) is 0 Å². The van der Waals surface area contributed by atoms with Crippen molar-refractivity contribution in [2.75, 3.05) is 6.61 Å². The molecule has 0 aliphatic heterocycles. The summed E-state index contributed by atoms with van der Waals surface area (Å²) in [5.74, 6) is 0.118. The van der Waals surface area contributed by atoms with Crippen molar-refractivity contribution in [3.8, 4) is 5.75 Å². The van der Waals surface area contributed by atoms with Crippen LogP contribution < -0.4 is 4.74 Å². The molecule has 0 heterocycles. The second-order valence-electron chi connectivity index (χ2n) is 3.64. The molecule has 0 N–H and O–H groups in total. The zero-order valence-corrected chi connectivity index (χ0v) is 10.8. The van der Waals surface area contributed by atoms with Gasteiger partial charge in [0.25, 0.3) is 0 Å². The fourth-order valence-corrected chi connectivity index (χ4v) is 2.03. The fourth-order valence-electron chi connectivity index (χ4n) is 1.43. The van der Waals surface area contributed by atoms with Crippen LogP contribution in [0, 0.1) is 0 Å². The lowest BCUT2D eigenvalue weighted by Crippen LogP contribution is -2.03. The third kappa shape index (κ3) is 5.00. The lowest BCUT2D eigenvalue weighted by molar-refractivity contribution is -0.116. The Morgan fingerprint density at radius 1 is 1.39 bits per heavy atom. The summed E-state index contributed by atoms with van der Waals surface area (Å²) in [6.45, 7) is 3.40. The number of thioether (sulfide) groups is 1. The van der Waals surface area contributed by atoms with Gasteiger partial charge in [-0.1, -0.05) is 6.07 Å². The standard InChI is InChI=1S/C12H13F3O2S/c1-3-17-10-7-9(6-8(2)16)4-5-11(10)18-12(13,14)15/h4-5,7H,3,6H2,1-2H3. The van der Waals surface area contributed by atoms with Gasteiger partial charge in [0.05, 0.1) is 11.5 Å². The molecule has 18 heavy (non-hydrogen) atoms. The number of hydrogen-bond donors (Lipinski definition) is 0. The van der Waals surface area contributed by atoms with Crippen molar-refractivity contribution in [3.05, 3.63) is 23.8 Å². The Hall–Kier alpha value is -1.17. The number of carbonyl (C=O) groups excluding carboxylic acids is 1. The van der Waals surface area contributed by atoms with Crippen LogP contribution in [0.1, 0.15) is 19.4 Å². The SMILES string of the molecule is CCOc1cc(CC(C)=O)ccc1SC(F)(F)F. The van der Waals surface area contributed by atoms with E-state index in [1.165, 1.54) is 25.1 Å². The van der Waals surface area contributed by atoms with Crippen LogP contribution >= 0.6 is 11.8 Å². The minimum Gasteiger partial charge on any atom is -0.493 e. The molecular weight excluding hydrogens is 265 g/mol. The van der Waals surface area contributed by atoms with E-state index in [4.69, 9.17) is 4.74 Å². The highest BCUT2D eigenvalue weighted by atomic mass is 32.2. The van der Waals surface area contributed by atoms with Gasteiger partial charge in [0.2, 0.25) is 0 Å². The van der Waals surface area contributed by atoms with Gasteiger partial charge in [-0.05, 0) is 43.3 Å². The van der Waals surface area contributed by atoms with Gasteiger partial charge in [0.15, 0.2) is 0 Å². The fraction of sp³-hybridized carbons (Fsp3) is 0.417. The van der Waals surface area contributed by atoms with E-state index in [-0.39, 0.29) is 41.2 Å². The zero-order chi connectivity index (χ0) is 13.8. The monoisotopic (exact) mass is 278 g/mol. The highest BCUT2D eigenvalue weighted by Crippen LogP contribution is 2.41. The van der Waals surface area contributed by atoms with E-state index in [9.17, 15) is 18.0 Å². The third-order valence-electron chi connectivity index (χ3n) is 1.99. The molecular formula is C12H13F3O2S. The van der Waals surface area contributed by atoms with Crippen LogP contribution in [0.15, 0.2) is 23.1 Å². The molecule has 0 aromatic heterocycles. The minimum atomic E-state index is -4.35. The molecule has 0 radical (unpaired) electrons. The molecule has 0 spiro atoms. The lowest BCUT2D eigenvalue weighted by atomic mass is 10.1. The Labute approximate surface area is 108 Å². The van der Waals surface area contributed by atoms with Crippen molar-refractivity contribution < 1.29 is 22.7 Å². The van der Waals surface area contributed by atoms with E-state index in [2.05, 4.69) is 0 Å². The summed E-state index contributed by atoms with van der Waals surface area (Å²) < 4.78 is 42.1. The molecule has 0 amide bonds. The summed E-state index contributed by atoms with van der Waals surface area (Å²) in [4.78, 5) is 11.0. The molecule has 0 unspecified atom stereocenters. The van der Waals surface area contributed by atoms with Gasteiger partial charge < -0.3 is 4.74 Å². The quantitative estimate of drug-likeness (QED) is 0.766. The molecule has 0 saturated heterocycles. The van der Waals surface area contributed by atoms with Gasteiger partial charge >= 0.3 is 5.51 Å². The van der Waals surface area contributed by atoms with E-state index >= 15 is 0 Å². The van der Waals surface area contributed by atoms with Gasteiger partial charge in [-0.25, -0.2) is 0 Å². The first-order valence-corrected chi connectivity index (χ1v) is 6.14. The molecule has 100 valence electrons. The summed E-state index contributed by atoms with van der Waals surface area (Å²) in [6, 6.07) is 4.33. The number of ketones is 1. The van der Waals surface area contributed by atoms with E-state index in [0.29, 0.717) is 5.56 Å². The first-order chi connectivity index (χ1) is 8.31. The molecule has 0 bridgehead atoms. The number of ether oxygens (including phenoxy) is 1. The van der Waals surface area contributed by atoms with Gasteiger partial charge in [0.1, 0.15) is 11.5 Å². The van der Waals surface area contributed by atoms with Crippen LogP contribution in [-0.2, 0) is 11.2 Å². The first-order valence-electron chi connectivity index (χ1n) is 5.32. The summed E-state index contributed by atoms with van der Waals surface area (Å²) in [5.41, 5.74) is -3.70. The molecule has 0 saturated carbocycles. The number of alkyl halides is 3. The van der Waals surface area contributed by atoms with Crippen molar-refractivity contribution >= 4 is 17.5 Å². The maximum Gasteiger partial charge on any atom is 0.446 e. The summed E-state index contributed by atoms with van der Waals surface area (Å²) in [7, 11) is 0. The third-order valence-corrected chi connectivity index (χ3v) is 2.78. The van der Waals surface area contributed by atoms with Crippen molar-refractivity contribution in [2.24, 2.45) is 0 Å². The molecule has 1 rings (SSSR count). The van der Waals surface area contributed by atoms with E-state index < -0.39 is 5.51 Å². The first kappa shape index (κ1) is 14.9. The summed E-state index contributed by atoms with van der Waals surface area (Å²) in [5, 5.41) is 0. The molecule has 2 nitrogen and oxygen atoms in total. The van der Waals surface area contributed by atoms with Crippen molar-refractivity contribution in [3.63, 3.8) is 0 Å². The lowest BCUT2D eigenvalue weighted by Gasteiger charge is -2.12. The molecule has 1 aromatic carbocycles. The van der Waals surface area contributed by atoms with Gasteiger partial charge in [-0.15, -0.1) is 0 Å². The molecule has 6 heteroatoms. The van der Waals surface area contributed by atoms with Crippen LogP contribution in [0.5, 0.6) is 5.75 Å². The molecule has 0 aliphatic carbocycles. The predicted molar refractivity (Wildman–Crippen MR) is 63.9 cm³/mol. The Balaban J connectivity index is 3.00. The van der Waals surface area contributed by atoms with Crippen molar-refractivity contribution in [1.82, 2.24) is 0 Å². The van der Waals surface area contributed by atoms with Gasteiger partial charge in [0, 0.05) is 6.42 Å². The number of hydrogen-bond acceptors (Lipinski definition) is 3. The Morgan fingerprint density at radius 3 is 2.56 bits per heavy atom. The van der Waals surface area contributed by atoms with Crippen molar-refractivity contribution in [1.29, 1.82) is 0 Å².